The highest BCUT2D eigenvalue weighted by molar-refractivity contribution is 7.18. The van der Waals surface area contributed by atoms with E-state index in [0.717, 1.165) is 31.1 Å². The number of piperidine rings is 1. The Hall–Kier alpha value is -2.02. The van der Waals surface area contributed by atoms with E-state index in [1.165, 1.54) is 17.4 Å². The van der Waals surface area contributed by atoms with Gasteiger partial charge in [-0.25, -0.2) is 4.79 Å². The molecule has 1 aliphatic heterocycles. The van der Waals surface area contributed by atoms with Gasteiger partial charge in [0.15, 0.2) is 0 Å². The molecule has 0 unspecified atom stereocenters. The number of carboxylic acids is 1. The van der Waals surface area contributed by atoms with Crippen molar-refractivity contribution < 1.29 is 28.2 Å². The van der Waals surface area contributed by atoms with Gasteiger partial charge in [0.25, 0.3) is 0 Å². The van der Waals surface area contributed by atoms with Crippen LogP contribution in [-0.2, 0) is 4.79 Å². The minimum Gasteiger partial charge on any atom is -0.508 e. The molecule has 0 saturated carbocycles. The number of benzene rings is 1. The Morgan fingerprint density at radius 3 is 2.23 bits per heavy atom. The number of aliphatic carboxylic acids is 1. The maximum atomic E-state index is 10.6. The molecule has 1 atom stereocenters. The van der Waals surface area contributed by atoms with Gasteiger partial charge in [-0.3, -0.25) is 0 Å². The monoisotopic (exact) mass is 487 g/mol. The fraction of sp³-hybridized carbons (Fsp3) is 0.438. The zero-order valence-corrected chi connectivity index (χ0v) is 17.6. The Morgan fingerprint density at radius 2 is 1.77 bits per heavy atom. The first-order valence-electron chi connectivity index (χ1n) is 8.47. The number of nitrogen functional groups attached to an aromatic ring is 1. The first-order chi connectivity index (χ1) is 13.9. The smallest absolute Gasteiger partial charge is 0.490 e. The van der Waals surface area contributed by atoms with Crippen molar-refractivity contribution in [2.45, 2.75) is 25.1 Å². The number of nitrogens with two attached hydrogens (primary N) is 2. The molecule has 2 heterocycles. The summed E-state index contributed by atoms with van der Waals surface area (Å²) in [5, 5.41) is 27.2. The lowest BCUT2D eigenvalue weighted by atomic mass is 9.86. The van der Waals surface area contributed by atoms with E-state index in [-0.39, 0.29) is 17.7 Å². The number of alkyl halides is 3. The van der Waals surface area contributed by atoms with E-state index in [4.69, 9.17) is 44.6 Å². The molecule has 14 heteroatoms. The fourth-order valence-electron chi connectivity index (χ4n) is 2.88. The van der Waals surface area contributed by atoms with Crippen molar-refractivity contribution in [3.8, 4) is 5.75 Å². The number of halogens is 5. The van der Waals surface area contributed by atoms with Crippen molar-refractivity contribution in [3.63, 3.8) is 0 Å². The second-order valence-corrected chi connectivity index (χ2v) is 8.20. The molecule has 0 amide bonds. The Morgan fingerprint density at radius 1 is 1.23 bits per heavy atom. The molecule has 8 nitrogen and oxygen atoms in total. The third kappa shape index (κ3) is 6.24. The molecule has 30 heavy (non-hydrogen) atoms. The number of rotatable bonds is 3. The van der Waals surface area contributed by atoms with Gasteiger partial charge < -0.3 is 26.6 Å². The maximum Gasteiger partial charge on any atom is 0.490 e. The molecule has 1 aromatic heterocycles. The predicted octanol–water partition coefficient (Wildman–Crippen LogP) is 3.68. The van der Waals surface area contributed by atoms with Gasteiger partial charge in [-0.15, -0.1) is 10.2 Å². The molecule has 0 radical (unpaired) electrons. The number of hydrogen-bond acceptors (Lipinski definition) is 8. The Labute approximate surface area is 183 Å². The van der Waals surface area contributed by atoms with Crippen LogP contribution >= 0.6 is 34.5 Å². The first-order valence-corrected chi connectivity index (χ1v) is 10.0. The second kappa shape index (κ2) is 9.86. The zero-order valence-electron chi connectivity index (χ0n) is 15.2. The van der Waals surface area contributed by atoms with Crippen molar-refractivity contribution in [1.82, 2.24) is 10.2 Å². The van der Waals surface area contributed by atoms with Crippen LogP contribution < -0.4 is 16.4 Å². The number of phenols is 1. The number of aromatic nitrogens is 2. The van der Waals surface area contributed by atoms with Gasteiger partial charge in [0.05, 0.1) is 10.0 Å². The number of anilines is 2. The number of nitrogens with zero attached hydrogens (tertiary/aromatic N) is 3. The van der Waals surface area contributed by atoms with Crippen molar-refractivity contribution >= 4 is 50.8 Å². The molecule has 1 aromatic carbocycles. The Balaban J connectivity index is 0.000000396. The lowest BCUT2D eigenvalue weighted by Crippen LogP contribution is -2.37. The summed E-state index contributed by atoms with van der Waals surface area (Å²) in [4.78, 5) is 11.1. The lowest BCUT2D eigenvalue weighted by Gasteiger charge is -2.34. The summed E-state index contributed by atoms with van der Waals surface area (Å²) in [5.41, 5.74) is 12.6. The summed E-state index contributed by atoms with van der Waals surface area (Å²) in [6.45, 7) is 1.66. The third-order valence-corrected chi connectivity index (χ3v) is 5.95. The van der Waals surface area contributed by atoms with Crippen molar-refractivity contribution in [3.05, 3.63) is 27.7 Å². The summed E-state index contributed by atoms with van der Waals surface area (Å²) in [6, 6.07) is 2.81. The number of phenolic OH excluding ortho intramolecular Hbond substituents is 1. The molecule has 0 aliphatic carbocycles. The molecule has 0 bridgehead atoms. The van der Waals surface area contributed by atoms with Gasteiger partial charge in [-0.05, 0) is 24.8 Å². The standard InChI is InChI=1S/C14H17Cl2N5OS.C2HF3O2/c15-9-5-8(11(22)6-10(9)16)12(17)7-1-3-21(4-2-7)14-20-19-13(18)23-14;3-2(4,5)1(6)7/h5-7,12,22H,1-4,17H2,(H2,18,19);(H,6,7)/t12-;/m1./s1. The highest BCUT2D eigenvalue weighted by Crippen LogP contribution is 2.38. The van der Waals surface area contributed by atoms with Crippen LogP contribution in [0.5, 0.6) is 5.75 Å². The fourth-order valence-corrected chi connectivity index (χ4v) is 3.87. The Bertz CT molecular complexity index is 891. The average molecular weight is 488 g/mol. The summed E-state index contributed by atoms with van der Waals surface area (Å²) >= 11 is 13.3. The van der Waals surface area contributed by atoms with E-state index in [0.29, 0.717) is 20.7 Å². The highest BCUT2D eigenvalue weighted by Gasteiger charge is 2.38. The van der Waals surface area contributed by atoms with E-state index in [1.54, 1.807) is 6.07 Å². The summed E-state index contributed by atoms with van der Waals surface area (Å²) in [6.07, 6.45) is -3.30. The van der Waals surface area contributed by atoms with E-state index >= 15 is 0 Å². The van der Waals surface area contributed by atoms with Crippen molar-refractivity contribution in [2.75, 3.05) is 23.7 Å². The van der Waals surface area contributed by atoms with E-state index < -0.39 is 12.1 Å². The van der Waals surface area contributed by atoms with Crippen molar-refractivity contribution in [2.24, 2.45) is 11.7 Å². The topological polar surface area (TPSA) is 139 Å². The molecular weight excluding hydrogens is 470 g/mol. The quantitative estimate of drug-likeness (QED) is 0.513. The van der Waals surface area contributed by atoms with Crippen LogP contribution in [0.4, 0.5) is 23.4 Å². The average Bonchev–Trinajstić information content (AvgIpc) is 3.10. The van der Waals surface area contributed by atoms with Crippen LogP contribution in [-0.4, -0.2) is 45.6 Å². The largest absolute Gasteiger partial charge is 0.508 e. The molecule has 1 aliphatic rings. The van der Waals surface area contributed by atoms with Crippen molar-refractivity contribution in [1.29, 1.82) is 0 Å². The second-order valence-electron chi connectivity index (χ2n) is 6.40. The zero-order chi connectivity index (χ0) is 22.6. The van der Waals surface area contributed by atoms with Gasteiger partial charge in [-0.2, -0.15) is 13.2 Å². The summed E-state index contributed by atoms with van der Waals surface area (Å²) < 4.78 is 31.7. The van der Waals surface area contributed by atoms with Crippen LogP contribution in [0.25, 0.3) is 0 Å². The number of carboxylic acid groups (broad SMARTS) is 1. The van der Waals surface area contributed by atoms with Gasteiger partial charge in [0.1, 0.15) is 5.75 Å². The van der Waals surface area contributed by atoms with E-state index in [2.05, 4.69) is 15.1 Å². The van der Waals surface area contributed by atoms with E-state index in [9.17, 15) is 18.3 Å². The van der Waals surface area contributed by atoms with Gasteiger partial charge in [0.2, 0.25) is 10.3 Å². The minimum atomic E-state index is -5.08. The molecule has 166 valence electrons. The number of aromatic hydroxyl groups is 1. The maximum absolute atomic E-state index is 10.6. The van der Waals surface area contributed by atoms with E-state index in [1.807, 2.05) is 0 Å². The van der Waals surface area contributed by atoms with Gasteiger partial charge in [-0.1, -0.05) is 34.5 Å². The number of hydrogen-bond donors (Lipinski definition) is 4. The molecule has 0 spiro atoms. The van der Waals surface area contributed by atoms with Crippen LogP contribution in [0.1, 0.15) is 24.4 Å². The Kier molecular flexibility index (Phi) is 7.97. The van der Waals surface area contributed by atoms with Crippen LogP contribution in [0.3, 0.4) is 0 Å². The molecule has 1 saturated heterocycles. The lowest BCUT2D eigenvalue weighted by molar-refractivity contribution is -0.192. The SMILES string of the molecule is Nc1nnc(N2CCC([C@@H](N)c3cc(Cl)c(Cl)cc3O)CC2)s1.O=C(O)C(F)(F)F. The summed E-state index contributed by atoms with van der Waals surface area (Å²) in [7, 11) is 0. The first kappa shape index (κ1) is 24.3. The molecule has 6 N–H and O–H groups in total. The van der Waals surface area contributed by atoms with Crippen LogP contribution in [0.2, 0.25) is 10.0 Å². The molecular formula is C16H18Cl2F3N5O3S. The summed E-state index contributed by atoms with van der Waals surface area (Å²) in [5.74, 6) is -2.42. The highest BCUT2D eigenvalue weighted by atomic mass is 35.5. The predicted molar refractivity (Wildman–Crippen MR) is 108 cm³/mol. The third-order valence-electron chi connectivity index (χ3n) is 4.42. The van der Waals surface area contributed by atoms with Crippen LogP contribution in [0.15, 0.2) is 12.1 Å². The van der Waals surface area contributed by atoms with Crippen LogP contribution in [0, 0.1) is 5.92 Å². The molecule has 2 aromatic rings. The number of carbonyl (C=O) groups is 1. The van der Waals surface area contributed by atoms with Gasteiger partial charge >= 0.3 is 12.1 Å². The molecule has 3 rings (SSSR count). The normalized spacial score (nSPS) is 16.0. The minimum absolute atomic E-state index is 0.0891. The van der Waals surface area contributed by atoms with Gasteiger partial charge in [0, 0.05) is 30.8 Å². The molecule has 1 fully saturated rings.